The van der Waals surface area contributed by atoms with Gasteiger partial charge in [-0.25, -0.2) is 10.2 Å². The summed E-state index contributed by atoms with van der Waals surface area (Å²) in [4.78, 5) is 24.1. The molecule has 0 bridgehead atoms. The average Bonchev–Trinajstić information content (AvgIpc) is 3.31. The molecule has 3 aromatic rings. The van der Waals surface area contributed by atoms with Crippen molar-refractivity contribution in [2.45, 2.75) is 13.0 Å². The van der Waals surface area contributed by atoms with E-state index in [1.165, 1.54) is 18.5 Å². The van der Waals surface area contributed by atoms with E-state index >= 15 is 0 Å². The number of hydrogen-bond donors (Lipinski definition) is 2. The lowest BCUT2D eigenvalue weighted by Gasteiger charge is -2.11. The molecule has 0 aliphatic carbocycles. The molecular formula is C22H20N2O6. The first-order valence-electron chi connectivity index (χ1n) is 9.17. The number of furan rings is 1. The summed E-state index contributed by atoms with van der Waals surface area (Å²) in [5, 5.41) is 13.9. The highest BCUT2D eigenvalue weighted by atomic mass is 16.6. The maximum atomic E-state index is 12.1. The molecule has 3 rings (SSSR count). The Labute approximate surface area is 172 Å². The average molecular weight is 408 g/mol. The Kier molecular flexibility index (Phi) is 6.96. The number of benzene rings is 2. The maximum Gasteiger partial charge on any atom is 0.379 e. The van der Waals surface area contributed by atoms with Gasteiger partial charge in [-0.2, -0.15) is 5.10 Å². The highest BCUT2D eigenvalue weighted by molar-refractivity contribution is 5.89. The fourth-order valence-corrected chi connectivity index (χ4v) is 2.52. The van der Waals surface area contributed by atoms with Gasteiger partial charge in [0.25, 0.3) is 5.91 Å². The van der Waals surface area contributed by atoms with Crippen LogP contribution in [0, 0.1) is 0 Å². The van der Waals surface area contributed by atoms with E-state index in [4.69, 9.17) is 13.9 Å². The van der Waals surface area contributed by atoms with Crippen LogP contribution in [0.3, 0.4) is 0 Å². The molecule has 1 amide bonds. The molecule has 1 atom stereocenters. The van der Waals surface area contributed by atoms with Crippen molar-refractivity contribution in [2.24, 2.45) is 5.10 Å². The van der Waals surface area contributed by atoms with E-state index in [2.05, 4.69) is 10.5 Å². The van der Waals surface area contributed by atoms with Gasteiger partial charge in [-0.15, -0.1) is 0 Å². The van der Waals surface area contributed by atoms with Crippen molar-refractivity contribution in [3.05, 3.63) is 83.8 Å². The van der Waals surface area contributed by atoms with Crippen LogP contribution in [0.1, 0.15) is 34.7 Å². The largest absolute Gasteiger partial charge is 0.490 e. The summed E-state index contributed by atoms with van der Waals surface area (Å²) in [5.74, 6) is -0.685. The van der Waals surface area contributed by atoms with Gasteiger partial charge < -0.3 is 19.0 Å². The minimum atomic E-state index is -1.33. The molecule has 0 fully saturated rings. The van der Waals surface area contributed by atoms with E-state index in [9.17, 15) is 14.7 Å². The Balaban J connectivity index is 1.66. The lowest BCUT2D eigenvalue weighted by atomic mass is 10.1. The number of nitrogens with zero attached hydrogens (tertiary/aromatic N) is 1. The molecule has 8 nitrogen and oxygen atoms in total. The highest BCUT2D eigenvalue weighted by Gasteiger charge is 2.17. The molecule has 0 saturated carbocycles. The topological polar surface area (TPSA) is 110 Å². The number of carbonyl (C=O) groups excluding carboxylic acids is 2. The zero-order chi connectivity index (χ0) is 21.3. The molecule has 2 aromatic carbocycles. The summed E-state index contributed by atoms with van der Waals surface area (Å²) in [6.07, 6.45) is 1.43. The molecular weight excluding hydrogens is 388 g/mol. The lowest BCUT2D eigenvalue weighted by molar-refractivity contribution is -0.129. The quantitative estimate of drug-likeness (QED) is 0.257. The van der Waals surface area contributed by atoms with Crippen molar-refractivity contribution in [3.63, 3.8) is 0 Å². The monoisotopic (exact) mass is 408 g/mol. The fraction of sp³-hybridized carbons (Fsp3) is 0.136. The molecule has 0 radical (unpaired) electrons. The first-order chi connectivity index (χ1) is 14.6. The summed E-state index contributed by atoms with van der Waals surface area (Å²) in [5.41, 5.74) is 3.34. The number of rotatable bonds is 8. The van der Waals surface area contributed by atoms with Gasteiger partial charge in [-0.1, -0.05) is 30.3 Å². The summed E-state index contributed by atoms with van der Waals surface area (Å²) < 4.78 is 15.9. The number of carbonyl (C=O) groups is 2. The standard InChI is InChI=1S/C22H20N2O6/c1-2-28-19-13-15(10-11-17(19)30-22(27)18-9-6-12-29-18)14-23-24-21(26)20(25)16-7-4-3-5-8-16/h3-14,20,25H,2H2,1H3,(H,24,26)/b23-14-/t20-/m0/s1. The smallest absolute Gasteiger partial charge is 0.379 e. The third kappa shape index (κ3) is 5.33. The SMILES string of the molecule is CCOc1cc(/C=N\NC(=O)[C@@H](O)c2ccccc2)ccc1OC(=O)c1ccco1. The van der Waals surface area contributed by atoms with Crippen LogP contribution in [0.5, 0.6) is 11.5 Å². The van der Waals surface area contributed by atoms with Crippen molar-refractivity contribution in [1.29, 1.82) is 0 Å². The van der Waals surface area contributed by atoms with Gasteiger partial charge in [0.15, 0.2) is 17.6 Å². The zero-order valence-electron chi connectivity index (χ0n) is 16.1. The minimum Gasteiger partial charge on any atom is -0.490 e. The van der Waals surface area contributed by atoms with Gasteiger partial charge in [0.05, 0.1) is 19.1 Å². The van der Waals surface area contributed by atoms with Crippen LogP contribution in [0.25, 0.3) is 0 Å². The Morgan fingerprint density at radius 1 is 1.13 bits per heavy atom. The maximum absolute atomic E-state index is 12.1. The second-order valence-corrected chi connectivity index (χ2v) is 6.05. The molecule has 154 valence electrons. The second-order valence-electron chi connectivity index (χ2n) is 6.05. The molecule has 0 aliphatic heterocycles. The molecule has 1 heterocycles. The number of esters is 1. The van der Waals surface area contributed by atoms with E-state index in [1.807, 2.05) is 0 Å². The normalized spacial score (nSPS) is 11.8. The van der Waals surface area contributed by atoms with E-state index in [-0.39, 0.29) is 11.5 Å². The van der Waals surface area contributed by atoms with Crippen LogP contribution >= 0.6 is 0 Å². The number of hydrazone groups is 1. The summed E-state index contributed by atoms with van der Waals surface area (Å²) in [6, 6.07) is 16.4. The third-order valence-electron chi connectivity index (χ3n) is 3.94. The van der Waals surface area contributed by atoms with Crippen LogP contribution in [0.15, 0.2) is 76.4 Å². The van der Waals surface area contributed by atoms with Gasteiger partial charge in [0.1, 0.15) is 0 Å². The van der Waals surface area contributed by atoms with Crippen LogP contribution < -0.4 is 14.9 Å². The Morgan fingerprint density at radius 3 is 2.63 bits per heavy atom. The first kappa shape index (κ1) is 20.8. The van der Waals surface area contributed by atoms with Crippen molar-refractivity contribution < 1.29 is 28.6 Å². The number of hydrogen-bond acceptors (Lipinski definition) is 7. The Hall–Kier alpha value is -3.91. The van der Waals surface area contributed by atoms with Crippen LogP contribution in [-0.4, -0.2) is 29.8 Å². The predicted molar refractivity (Wildman–Crippen MR) is 108 cm³/mol. The van der Waals surface area contributed by atoms with Crippen molar-refractivity contribution in [3.8, 4) is 11.5 Å². The van der Waals surface area contributed by atoms with Crippen molar-refractivity contribution in [2.75, 3.05) is 6.61 Å². The van der Waals surface area contributed by atoms with Crippen LogP contribution in [-0.2, 0) is 4.79 Å². The lowest BCUT2D eigenvalue weighted by Crippen LogP contribution is -2.25. The first-order valence-corrected chi connectivity index (χ1v) is 9.17. The van der Waals surface area contributed by atoms with Gasteiger partial charge in [0, 0.05) is 0 Å². The minimum absolute atomic E-state index is 0.0720. The van der Waals surface area contributed by atoms with E-state index in [0.29, 0.717) is 23.5 Å². The summed E-state index contributed by atoms with van der Waals surface area (Å²) in [7, 11) is 0. The second kappa shape index (κ2) is 10.0. The third-order valence-corrected chi connectivity index (χ3v) is 3.94. The van der Waals surface area contributed by atoms with E-state index in [0.717, 1.165) is 0 Å². The van der Waals surface area contributed by atoms with Crippen molar-refractivity contribution >= 4 is 18.1 Å². The van der Waals surface area contributed by atoms with Gasteiger partial charge in [0.2, 0.25) is 5.76 Å². The molecule has 0 unspecified atom stereocenters. The Morgan fingerprint density at radius 2 is 1.93 bits per heavy atom. The molecule has 2 N–H and O–H groups in total. The summed E-state index contributed by atoms with van der Waals surface area (Å²) in [6.45, 7) is 2.15. The predicted octanol–water partition coefficient (Wildman–Crippen LogP) is 3.08. The molecule has 30 heavy (non-hydrogen) atoms. The number of aliphatic hydroxyl groups is 1. The molecule has 0 spiro atoms. The van der Waals surface area contributed by atoms with Gasteiger partial charge in [-0.05, 0) is 48.4 Å². The van der Waals surface area contributed by atoms with E-state index in [1.54, 1.807) is 61.5 Å². The Bertz CT molecular complexity index is 1020. The van der Waals surface area contributed by atoms with Crippen LogP contribution in [0.2, 0.25) is 0 Å². The number of ether oxygens (including phenoxy) is 2. The number of aliphatic hydroxyl groups excluding tert-OH is 1. The molecule has 0 aliphatic rings. The zero-order valence-corrected chi connectivity index (χ0v) is 16.1. The molecule has 8 heteroatoms. The molecule has 0 saturated heterocycles. The number of amides is 1. The van der Waals surface area contributed by atoms with E-state index < -0.39 is 18.0 Å². The van der Waals surface area contributed by atoms with Crippen molar-refractivity contribution in [1.82, 2.24) is 5.43 Å². The van der Waals surface area contributed by atoms with Gasteiger partial charge in [-0.3, -0.25) is 4.79 Å². The number of nitrogens with one attached hydrogen (secondary N) is 1. The highest BCUT2D eigenvalue weighted by Crippen LogP contribution is 2.29. The van der Waals surface area contributed by atoms with Gasteiger partial charge >= 0.3 is 5.97 Å². The molecule has 1 aromatic heterocycles. The fourth-order valence-electron chi connectivity index (χ4n) is 2.52. The van der Waals surface area contributed by atoms with Crippen LogP contribution in [0.4, 0.5) is 0 Å². The summed E-state index contributed by atoms with van der Waals surface area (Å²) >= 11 is 0.